The van der Waals surface area contributed by atoms with E-state index >= 15 is 0 Å². The van der Waals surface area contributed by atoms with Crippen LogP contribution in [0.15, 0.2) is 28.9 Å². The Morgan fingerprint density at radius 2 is 2.23 bits per heavy atom. The fraction of sp³-hybridized carbons (Fsp3) is 0.312. The van der Waals surface area contributed by atoms with Crippen molar-refractivity contribution in [3.63, 3.8) is 0 Å². The molecular formula is C16H17N3O3. The highest BCUT2D eigenvalue weighted by Crippen LogP contribution is 2.32. The number of aromatic nitrogens is 2. The van der Waals surface area contributed by atoms with Crippen LogP contribution in [0.3, 0.4) is 0 Å². The molecule has 2 heterocycles. The molecule has 0 spiro atoms. The summed E-state index contributed by atoms with van der Waals surface area (Å²) in [5.74, 6) is 0.341. The van der Waals surface area contributed by atoms with E-state index in [9.17, 15) is 4.79 Å². The minimum atomic E-state index is -0.381. The maximum Gasteiger partial charge on any atom is 0.337 e. The average Bonchev–Trinajstić information content (AvgIpc) is 2.92. The van der Waals surface area contributed by atoms with Crippen LogP contribution in [0.2, 0.25) is 0 Å². The molecule has 0 amide bonds. The number of rotatable bonds is 5. The molecule has 2 aromatic heterocycles. The summed E-state index contributed by atoms with van der Waals surface area (Å²) in [6.45, 7) is 2.96. The van der Waals surface area contributed by atoms with E-state index in [-0.39, 0.29) is 5.97 Å². The summed E-state index contributed by atoms with van der Waals surface area (Å²) in [6, 6.07) is 5.18. The van der Waals surface area contributed by atoms with Crippen LogP contribution in [0.1, 0.15) is 30.1 Å². The van der Waals surface area contributed by atoms with Crippen molar-refractivity contribution < 1.29 is 13.9 Å². The lowest BCUT2D eigenvalue weighted by atomic mass is 10.1. The first-order valence-electron chi connectivity index (χ1n) is 7.24. The summed E-state index contributed by atoms with van der Waals surface area (Å²) in [6.07, 6.45) is 3.62. The van der Waals surface area contributed by atoms with Gasteiger partial charge in [0.25, 0.3) is 0 Å². The van der Waals surface area contributed by atoms with Crippen LogP contribution in [0, 0.1) is 0 Å². The highest BCUT2D eigenvalue weighted by molar-refractivity contribution is 6.10. The number of carbonyl (C=O) groups is 1. The lowest BCUT2D eigenvalue weighted by molar-refractivity contribution is 0.0601. The van der Waals surface area contributed by atoms with Gasteiger partial charge in [-0.3, -0.25) is 0 Å². The van der Waals surface area contributed by atoms with Gasteiger partial charge in [-0.05, 0) is 24.6 Å². The standard InChI is InChI=1S/C16H17N3O3/c1-3-4-7-17-14-13-11-8-10(16(20)21-2)5-6-12(11)22-15(13)19-9-18-14/h5-6,8-9H,3-4,7H2,1-2H3,(H,17,18,19). The highest BCUT2D eigenvalue weighted by atomic mass is 16.5. The van der Waals surface area contributed by atoms with Gasteiger partial charge in [0, 0.05) is 11.9 Å². The Kier molecular flexibility index (Phi) is 3.91. The molecule has 0 saturated heterocycles. The van der Waals surface area contributed by atoms with Crippen molar-refractivity contribution >= 4 is 33.9 Å². The summed E-state index contributed by atoms with van der Waals surface area (Å²) in [7, 11) is 1.36. The van der Waals surface area contributed by atoms with E-state index in [4.69, 9.17) is 9.15 Å². The van der Waals surface area contributed by atoms with Crippen LogP contribution in [0.5, 0.6) is 0 Å². The third-order valence-electron chi connectivity index (χ3n) is 3.51. The van der Waals surface area contributed by atoms with Crippen LogP contribution < -0.4 is 5.32 Å². The first kappa shape index (κ1) is 14.3. The van der Waals surface area contributed by atoms with Crippen molar-refractivity contribution in [1.29, 1.82) is 0 Å². The van der Waals surface area contributed by atoms with Crippen LogP contribution in [-0.2, 0) is 4.74 Å². The number of unbranched alkanes of at least 4 members (excludes halogenated alkanes) is 1. The number of hydrogen-bond acceptors (Lipinski definition) is 6. The largest absolute Gasteiger partial charge is 0.465 e. The number of methoxy groups -OCH3 is 1. The van der Waals surface area contributed by atoms with Gasteiger partial charge in [-0.1, -0.05) is 13.3 Å². The number of carbonyl (C=O) groups excluding carboxylic acids is 1. The van der Waals surface area contributed by atoms with Crippen LogP contribution in [0.4, 0.5) is 5.82 Å². The van der Waals surface area contributed by atoms with E-state index in [1.54, 1.807) is 18.2 Å². The van der Waals surface area contributed by atoms with Gasteiger partial charge in [0.2, 0.25) is 5.71 Å². The van der Waals surface area contributed by atoms with E-state index in [1.807, 2.05) is 0 Å². The van der Waals surface area contributed by atoms with Gasteiger partial charge in [-0.15, -0.1) is 0 Å². The monoisotopic (exact) mass is 299 g/mol. The minimum absolute atomic E-state index is 0.381. The maximum atomic E-state index is 11.7. The summed E-state index contributed by atoms with van der Waals surface area (Å²) >= 11 is 0. The molecule has 114 valence electrons. The molecule has 0 aliphatic rings. The molecular weight excluding hydrogens is 282 g/mol. The molecule has 0 unspecified atom stereocenters. The number of furan rings is 1. The van der Waals surface area contributed by atoms with Crippen molar-refractivity contribution in [2.75, 3.05) is 19.0 Å². The third-order valence-corrected chi connectivity index (χ3v) is 3.51. The molecule has 0 bridgehead atoms. The maximum absolute atomic E-state index is 11.7. The summed E-state index contributed by atoms with van der Waals surface area (Å²) in [5.41, 5.74) is 1.65. The van der Waals surface area contributed by atoms with Gasteiger partial charge < -0.3 is 14.5 Å². The fourth-order valence-electron chi connectivity index (χ4n) is 2.37. The van der Waals surface area contributed by atoms with E-state index in [0.29, 0.717) is 16.9 Å². The third kappa shape index (κ3) is 2.47. The summed E-state index contributed by atoms with van der Waals surface area (Å²) in [5, 5.41) is 4.90. The molecule has 0 saturated carbocycles. The molecule has 0 aliphatic carbocycles. The van der Waals surface area contributed by atoms with Crippen LogP contribution in [0.25, 0.3) is 22.1 Å². The number of hydrogen-bond donors (Lipinski definition) is 1. The second-order valence-corrected chi connectivity index (χ2v) is 4.99. The van der Waals surface area contributed by atoms with E-state index in [1.165, 1.54) is 13.4 Å². The normalized spacial score (nSPS) is 11.0. The van der Waals surface area contributed by atoms with Gasteiger partial charge in [-0.25, -0.2) is 14.8 Å². The minimum Gasteiger partial charge on any atom is -0.465 e. The van der Waals surface area contributed by atoms with Crippen molar-refractivity contribution in [3.8, 4) is 0 Å². The topological polar surface area (TPSA) is 77.3 Å². The van der Waals surface area contributed by atoms with Crippen molar-refractivity contribution in [2.45, 2.75) is 19.8 Å². The molecule has 0 fully saturated rings. The fourth-order valence-corrected chi connectivity index (χ4v) is 2.37. The number of nitrogens with one attached hydrogen (secondary N) is 1. The lowest BCUT2D eigenvalue weighted by Crippen LogP contribution is -2.03. The molecule has 3 rings (SSSR count). The first-order chi connectivity index (χ1) is 10.7. The SMILES string of the molecule is CCCCNc1ncnc2oc3ccc(C(=O)OC)cc3c12. The summed E-state index contributed by atoms with van der Waals surface area (Å²) in [4.78, 5) is 20.2. The molecule has 0 atom stereocenters. The highest BCUT2D eigenvalue weighted by Gasteiger charge is 2.15. The second-order valence-electron chi connectivity index (χ2n) is 4.99. The Morgan fingerprint density at radius 1 is 1.36 bits per heavy atom. The second kappa shape index (κ2) is 6.01. The lowest BCUT2D eigenvalue weighted by Gasteiger charge is -2.05. The Labute approximate surface area is 127 Å². The molecule has 1 N–H and O–H groups in total. The zero-order chi connectivity index (χ0) is 15.5. The average molecular weight is 299 g/mol. The van der Waals surface area contributed by atoms with Gasteiger partial charge in [0.1, 0.15) is 17.7 Å². The number of esters is 1. The molecule has 1 aromatic carbocycles. The predicted octanol–water partition coefficient (Wildman–Crippen LogP) is 3.37. The number of benzene rings is 1. The van der Waals surface area contributed by atoms with Gasteiger partial charge in [0.15, 0.2) is 0 Å². The Balaban J connectivity index is 2.14. The molecule has 6 nitrogen and oxygen atoms in total. The zero-order valence-corrected chi connectivity index (χ0v) is 12.5. The van der Waals surface area contributed by atoms with E-state index in [2.05, 4.69) is 22.2 Å². The molecule has 0 aliphatic heterocycles. The smallest absolute Gasteiger partial charge is 0.337 e. The number of fused-ring (bicyclic) bond motifs is 3. The number of ether oxygens (including phenoxy) is 1. The molecule has 0 radical (unpaired) electrons. The van der Waals surface area contributed by atoms with Gasteiger partial charge in [0.05, 0.1) is 18.1 Å². The van der Waals surface area contributed by atoms with Crippen molar-refractivity contribution in [3.05, 3.63) is 30.1 Å². The van der Waals surface area contributed by atoms with Crippen molar-refractivity contribution in [1.82, 2.24) is 9.97 Å². The predicted molar refractivity (Wildman–Crippen MR) is 84.0 cm³/mol. The molecule has 22 heavy (non-hydrogen) atoms. The van der Waals surface area contributed by atoms with Crippen LogP contribution >= 0.6 is 0 Å². The van der Waals surface area contributed by atoms with E-state index in [0.717, 1.165) is 36.0 Å². The quantitative estimate of drug-likeness (QED) is 0.575. The zero-order valence-electron chi connectivity index (χ0n) is 12.5. The molecule has 3 aromatic rings. The van der Waals surface area contributed by atoms with Gasteiger partial charge >= 0.3 is 5.97 Å². The number of anilines is 1. The van der Waals surface area contributed by atoms with Crippen LogP contribution in [-0.4, -0.2) is 29.6 Å². The van der Waals surface area contributed by atoms with Gasteiger partial charge in [-0.2, -0.15) is 0 Å². The Bertz CT molecular complexity index is 826. The van der Waals surface area contributed by atoms with E-state index < -0.39 is 0 Å². The van der Waals surface area contributed by atoms with Crippen molar-refractivity contribution in [2.24, 2.45) is 0 Å². The first-order valence-corrected chi connectivity index (χ1v) is 7.24. The number of nitrogens with zero attached hydrogens (tertiary/aromatic N) is 2. The molecule has 6 heteroatoms. The summed E-state index contributed by atoms with van der Waals surface area (Å²) < 4.78 is 10.5. The Hall–Kier alpha value is -2.63. The Morgan fingerprint density at radius 3 is 3.00 bits per heavy atom.